The highest BCUT2D eigenvalue weighted by molar-refractivity contribution is 7.20. The fourth-order valence-corrected chi connectivity index (χ4v) is 3.08. The van der Waals surface area contributed by atoms with Gasteiger partial charge in [-0.15, -0.1) is 11.3 Å². The normalized spacial score (nSPS) is 10.7. The molecular formula is C16H13NO2S. The van der Waals surface area contributed by atoms with E-state index >= 15 is 0 Å². The minimum Gasteiger partial charge on any atom is -0.508 e. The van der Waals surface area contributed by atoms with Crippen LogP contribution in [0.3, 0.4) is 0 Å². The van der Waals surface area contributed by atoms with Gasteiger partial charge in [0, 0.05) is 17.4 Å². The number of nitrogens with zero attached hydrogens (tertiary/aromatic N) is 1. The predicted octanol–water partition coefficient (Wildman–Crippen LogP) is 3.88. The summed E-state index contributed by atoms with van der Waals surface area (Å²) in [5.41, 5.74) is 0.755. The van der Waals surface area contributed by atoms with Crippen molar-refractivity contribution in [2.45, 2.75) is 0 Å². The maximum Gasteiger partial charge on any atom is 0.268 e. The third-order valence-electron chi connectivity index (χ3n) is 3.18. The zero-order valence-corrected chi connectivity index (χ0v) is 11.7. The van der Waals surface area contributed by atoms with Gasteiger partial charge in [-0.1, -0.05) is 18.2 Å². The first-order valence-corrected chi connectivity index (χ1v) is 7.02. The maximum atomic E-state index is 12.5. The molecule has 0 atom stereocenters. The van der Waals surface area contributed by atoms with E-state index in [0.29, 0.717) is 4.88 Å². The Kier molecular flexibility index (Phi) is 3.16. The van der Waals surface area contributed by atoms with E-state index in [1.54, 1.807) is 36.2 Å². The van der Waals surface area contributed by atoms with Crippen LogP contribution in [-0.4, -0.2) is 18.1 Å². The van der Waals surface area contributed by atoms with Gasteiger partial charge in [-0.2, -0.15) is 0 Å². The number of phenolic OH excluding ortho intramolecular Hbond substituents is 1. The second kappa shape index (κ2) is 4.98. The minimum absolute atomic E-state index is 0.0445. The van der Waals surface area contributed by atoms with Crippen LogP contribution in [0, 0.1) is 0 Å². The second-order valence-corrected chi connectivity index (χ2v) is 5.61. The number of amides is 1. The van der Waals surface area contributed by atoms with Crippen molar-refractivity contribution in [2.24, 2.45) is 0 Å². The Morgan fingerprint density at radius 3 is 2.50 bits per heavy atom. The zero-order valence-electron chi connectivity index (χ0n) is 10.9. The lowest BCUT2D eigenvalue weighted by Gasteiger charge is -2.16. The zero-order chi connectivity index (χ0) is 14.1. The van der Waals surface area contributed by atoms with Crippen molar-refractivity contribution >= 4 is 33.0 Å². The van der Waals surface area contributed by atoms with E-state index in [-0.39, 0.29) is 11.7 Å². The third-order valence-corrected chi connectivity index (χ3v) is 4.28. The van der Waals surface area contributed by atoms with Gasteiger partial charge in [0.1, 0.15) is 5.75 Å². The molecule has 0 fully saturated rings. The molecular weight excluding hydrogens is 270 g/mol. The summed E-state index contributed by atoms with van der Waals surface area (Å²) in [4.78, 5) is 14.8. The van der Waals surface area contributed by atoms with Gasteiger partial charge in [0.25, 0.3) is 5.91 Å². The molecule has 3 aromatic rings. The lowest BCUT2D eigenvalue weighted by atomic mass is 10.2. The molecule has 4 heteroatoms. The van der Waals surface area contributed by atoms with Gasteiger partial charge in [0.05, 0.1) is 4.88 Å². The van der Waals surface area contributed by atoms with Crippen LogP contribution in [0.25, 0.3) is 10.1 Å². The molecule has 3 rings (SSSR count). The molecule has 1 amide bonds. The number of rotatable bonds is 2. The molecule has 0 radical (unpaired) electrons. The number of hydrogen-bond donors (Lipinski definition) is 1. The standard InChI is InChI=1S/C16H13NO2S/c1-17(12-6-8-13(18)9-7-12)16(19)15-10-11-4-2-3-5-14(11)20-15/h2-10,18H,1H3. The van der Waals surface area contributed by atoms with Crippen molar-refractivity contribution < 1.29 is 9.90 Å². The highest BCUT2D eigenvalue weighted by atomic mass is 32.1. The number of thiophene rings is 1. The van der Waals surface area contributed by atoms with Gasteiger partial charge in [-0.05, 0) is 41.8 Å². The summed E-state index contributed by atoms with van der Waals surface area (Å²) in [6.07, 6.45) is 0. The average Bonchev–Trinajstić information content (AvgIpc) is 2.90. The number of benzene rings is 2. The first-order valence-electron chi connectivity index (χ1n) is 6.21. The average molecular weight is 283 g/mol. The maximum absolute atomic E-state index is 12.5. The van der Waals surface area contributed by atoms with Crippen molar-refractivity contribution in [3.05, 3.63) is 59.5 Å². The molecule has 100 valence electrons. The molecule has 2 aromatic carbocycles. The van der Waals surface area contributed by atoms with Crippen molar-refractivity contribution in [3.8, 4) is 5.75 Å². The summed E-state index contributed by atoms with van der Waals surface area (Å²) in [5, 5.41) is 10.4. The van der Waals surface area contributed by atoms with Crippen molar-refractivity contribution in [2.75, 3.05) is 11.9 Å². The molecule has 0 saturated heterocycles. The quantitative estimate of drug-likeness (QED) is 0.775. The predicted molar refractivity (Wildman–Crippen MR) is 82.7 cm³/mol. The molecule has 20 heavy (non-hydrogen) atoms. The monoisotopic (exact) mass is 283 g/mol. The van der Waals surface area contributed by atoms with Crippen molar-refractivity contribution in [3.63, 3.8) is 0 Å². The molecule has 1 N–H and O–H groups in total. The fourth-order valence-electron chi connectivity index (χ4n) is 2.05. The molecule has 0 aliphatic carbocycles. The van der Waals surface area contributed by atoms with Gasteiger partial charge in [-0.25, -0.2) is 0 Å². The van der Waals surface area contributed by atoms with Crippen LogP contribution >= 0.6 is 11.3 Å². The summed E-state index contributed by atoms with van der Waals surface area (Å²) in [5.74, 6) is 0.147. The van der Waals surface area contributed by atoms with E-state index in [0.717, 1.165) is 15.8 Å². The summed E-state index contributed by atoms with van der Waals surface area (Å²) in [6, 6.07) is 16.5. The smallest absolute Gasteiger partial charge is 0.268 e. The molecule has 0 aliphatic rings. The summed E-state index contributed by atoms with van der Waals surface area (Å²) >= 11 is 1.49. The number of anilines is 1. The van der Waals surface area contributed by atoms with Crippen LogP contribution in [0.15, 0.2) is 54.6 Å². The van der Waals surface area contributed by atoms with E-state index in [1.165, 1.54) is 11.3 Å². The highest BCUT2D eigenvalue weighted by Gasteiger charge is 2.16. The van der Waals surface area contributed by atoms with Gasteiger partial charge in [-0.3, -0.25) is 4.79 Å². The number of carbonyl (C=O) groups excluding carboxylic acids is 1. The van der Waals surface area contributed by atoms with Gasteiger partial charge in [0.15, 0.2) is 0 Å². The molecule has 0 saturated carbocycles. The summed E-state index contributed by atoms with van der Waals surface area (Å²) < 4.78 is 1.11. The minimum atomic E-state index is -0.0445. The van der Waals surface area contributed by atoms with Crippen molar-refractivity contribution in [1.82, 2.24) is 0 Å². The summed E-state index contributed by atoms with van der Waals surface area (Å²) in [6.45, 7) is 0. The van der Waals surface area contributed by atoms with Crippen LogP contribution in [-0.2, 0) is 0 Å². The first kappa shape index (κ1) is 12.7. The lowest BCUT2D eigenvalue weighted by Crippen LogP contribution is -2.25. The van der Waals surface area contributed by atoms with E-state index < -0.39 is 0 Å². The first-order chi connectivity index (χ1) is 9.65. The summed E-state index contributed by atoms with van der Waals surface area (Å²) in [7, 11) is 1.74. The molecule has 3 nitrogen and oxygen atoms in total. The Morgan fingerprint density at radius 1 is 1.10 bits per heavy atom. The largest absolute Gasteiger partial charge is 0.508 e. The van der Waals surface area contributed by atoms with E-state index in [9.17, 15) is 9.90 Å². The highest BCUT2D eigenvalue weighted by Crippen LogP contribution is 2.27. The Labute approximate surface area is 120 Å². The SMILES string of the molecule is CN(C(=O)c1cc2ccccc2s1)c1ccc(O)cc1. The fraction of sp³-hybridized carbons (Fsp3) is 0.0625. The van der Waals surface area contributed by atoms with Gasteiger partial charge >= 0.3 is 0 Å². The Morgan fingerprint density at radius 2 is 1.80 bits per heavy atom. The lowest BCUT2D eigenvalue weighted by molar-refractivity contribution is 0.0997. The molecule has 1 aromatic heterocycles. The topological polar surface area (TPSA) is 40.5 Å². The Bertz CT molecular complexity index is 729. The van der Waals surface area contributed by atoms with Crippen molar-refractivity contribution in [1.29, 1.82) is 0 Å². The van der Waals surface area contributed by atoms with Crippen LogP contribution in [0.4, 0.5) is 5.69 Å². The number of carbonyl (C=O) groups is 1. The van der Waals surface area contributed by atoms with E-state index in [1.807, 2.05) is 30.3 Å². The van der Waals surface area contributed by atoms with Gasteiger partial charge in [0.2, 0.25) is 0 Å². The van der Waals surface area contributed by atoms with Crippen LogP contribution in [0.1, 0.15) is 9.67 Å². The van der Waals surface area contributed by atoms with E-state index in [4.69, 9.17) is 0 Å². The second-order valence-electron chi connectivity index (χ2n) is 4.53. The van der Waals surface area contributed by atoms with Gasteiger partial charge < -0.3 is 10.0 Å². The van der Waals surface area contributed by atoms with Crippen LogP contribution in [0.5, 0.6) is 5.75 Å². The van der Waals surface area contributed by atoms with Crippen LogP contribution in [0.2, 0.25) is 0 Å². The van der Waals surface area contributed by atoms with E-state index in [2.05, 4.69) is 0 Å². The number of aromatic hydroxyl groups is 1. The Hall–Kier alpha value is -2.33. The molecule has 0 unspecified atom stereocenters. The number of phenols is 1. The Balaban J connectivity index is 1.93. The molecule has 0 spiro atoms. The molecule has 1 heterocycles. The molecule has 0 aliphatic heterocycles. The van der Waals surface area contributed by atoms with Crippen LogP contribution < -0.4 is 4.90 Å². The number of hydrogen-bond acceptors (Lipinski definition) is 3. The molecule has 0 bridgehead atoms. The third kappa shape index (κ3) is 2.26. The number of fused-ring (bicyclic) bond motifs is 1.